The van der Waals surface area contributed by atoms with Gasteiger partial charge < -0.3 is 10.2 Å². The molecule has 0 bridgehead atoms. The smallest absolute Gasteiger partial charge is 0.105 e. The molecule has 2 N–H and O–H groups in total. The Kier molecular flexibility index (Phi) is 1.69. The average Bonchev–Trinajstić information content (AvgIpc) is 1.83. The van der Waals surface area contributed by atoms with Crippen molar-refractivity contribution in [2.45, 2.75) is 19.1 Å². The Bertz CT molecular complexity index is 158. The van der Waals surface area contributed by atoms with Crippen molar-refractivity contribution >= 4 is 0 Å². The van der Waals surface area contributed by atoms with Crippen LogP contribution < -0.4 is 0 Å². The fraction of sp³-hybridized carbons (Fsp3) is 0.429. The maximum atomic E-state index is 9.08. The summed E-state index contributed by atoms with van der Waals surface area (Å²) < 4.78 is 0. The van der Waals surface area contributed by atoms with Crippen LogP contribution in [0.25, 0.3) is 0 Å². The van der Waals surface area contributed by atoms with Crippen molar-refractivity contribution in [3.63, 3.8) is 0 Å². The molecule has 1 aliphatic carbocycles. The number of allylic oxidation sites excluding steroid dienone is 2. The predicted molar refractivity (Wildman–Crippen MR) is 34.9 cm³/mol. The molecule has 0 aliphatic heterocycles. The zero-order chi connectivity index (χ0) is 6.85. The molecule has 1 rings (SSSR count). The van der Waals surface area contributed by atoms with Crippen LogP contribution >= 0.6 is 0 Å². The lowest BCUT2D eigenvalue weighted by molar-refractivity contribution is 0.0716. The minimum atomic E-state index is -0.713. The van der Waals surface area contributed by atoms with Gasteiger partial charge in [-0.3, -0.25) is 0 Å². The lowest BCUT2D eigenvalue weighted by atomic mass is 10.0. The summed E-state index contributed by atoms with van der Waals surface area (Å²) in [6.07, 6.45) is 3.69. The molecule has 0 aromatic heterocycles. The van der Waals surface area contributed by atoms with Gasteiger partial charge in [0.2, 0.25) is 0 Å². The first-order valence-corrected chi connectivity index (χ1v) is 2.93. The van der Waals surface area contributed by atoms with Crippen LogP contribution in [0.3, 0.4) is 0 Å². The maximum absolute atomic E-state index is 9.08. The number of hydrogen-bond acceptors (Lipinski definition) is 2. The SMILES string of the molecule is CC1=CC=C[C@H](O)C1O. The Morgan fingerprint density at radius 1 is 1.44 bits per heavy atom. The molecule has 0 fully saturated rings. The fourth-order valence-corrected chi connectivity index (χ4v) is 0.794. The van der Waals surface area contributed by atoms with E-state index in [9.17, 15) is 0 Å². The second kappa shape index (κ2) is 2.33. The molecule has 9 heavy (non-hydrogen) atoms. The third-order valence-corrected chi connectivity index (χ3v) is 1.46. The van der Waals surface area contributed by atoms with Crippen molar-refractivity contribution in [3.8, 4) is 0 Å². The molecule has 0 saturated carbocycles. The van der Waals surface area contributed by atoms with Gasteiger partial charge in [-0.15, -0.1) is 0 Å². The number of aliphatic hydroxyl groups excluding tert-OH is 2. The van der Waals surface area contributed by atoms with E-state index in [0.29, 0.717) is 0 Å². The molecule has 2 heteroatoms. The summed E-state index contributed by atoms with van der Waals surface area (Å²) in [5, 5.41) is 18.0. The zero-order valence-electron chi connectivity index (χ0n) is 5.28. The van der Waals surface area contributed by atoms with Crippen molar-refractivity contribution < 1.29 is 10.2 Å². The molecule has 1 unspecified atom stereocenters. The molecule has 0 aromatic carbocycles. The van der Waals surface area contributed by atoms with E-state index in [1.807, 2.05) is 0 Å². The van der Waals surface area contributed by atoms with Crippen LogP contribution in [0.1, 0.15) is 6.92 Å². The molecule has 2 nitrogen and oxygen atoms in total. The fourth-order valence-electron chi connectivity index (χ4n) is 0.794. The average molecular weight is 126 g/mol. The highest BCUT2D eigenvalue weighted by atomic mass is 16.3. The molecule has 0 radical (unpaired) electrons. The van der Waals surface area contributed by atoms with E-state index in [4.69, 9.17) is 10.2 Å². The molecule has 50 valence electrons. The van der Waals surface area contributed by atoms with Gasteiger partial charge in [0.25, 0.3) is 0 Å². The van der Waals surface area contributed by atoms with Gasteiger partial charge in [0, 0.05) is 0 Å². The monoisotopic (exact) mass is 126 g/mol. The summed E-state index contributed by atoms with van der Waals surface area (Å²) in [6, 6.07) is 0. The normalized spacial score (nSPS) is 34.3. The second-order valence-corrected chi connectivity index (χ2v) is 2.23. The van der Waals surface area contributed by atoms with E-state index in [1.54, 1.807) is 25.2 Å². The highest BCUT2D eigenvalue weighted by Gasteiger charge is 2.16. The van der Waals surface area contributed by atoms with Gasteiger partial charge in [0.1, 0.15) is 12.2 Å². The van der Waals surface area contributed by atoms with Gasteiger partial charge in [-0.1, -0.05) is 18.2 Å². The Morgan fingerprint density at radius 2 is 2.11 bits per heavy atom. The van der Waals surface area contributed by atoms with Crippen LogP contribution in [-0.4, -0.2) is 22.4 Å². The molecule has 0 spiro atoms. The molecule has 1 aliphatic rings. The summed E-state index contributed by atoms with van der Waals surface area (Å²) in [5.41, 5.74) is 0.810. The summed E-state index contributed by atoms with van der Waals surface area (Å²) in [5.74, 6) is 0. The second-order valence-electron chi connectivity index (χ2n) is 2.23. The summed E-state index contributed by atoms with van der Waals surface area (Å²) >= 11 is 0. The zero-order valence-corrected chi connectivity index (χ0v) is 5.28. The molecule has 2 atom stereocenters. The van der Waals surface area contributed by atoms with Gasteiger partial charge in [-0.25, -0.2) is 0 Å². The van der Waals surface area contributed by atoms with E-state index in [1.165, 1.54) is 0 Å². The number of rotatable bonds is 0. The van der Waals surface area contributed by atoms with E-state index in [0.717, 1.165) is 5.57 Å². The Balaban J connectivity index is 2.73. The van der Waals surface area contributed by atoms with Crippen LogP contribution in [-0.2, 0) is 0 Å². The summed E-state index contributed by atoms with van der Waals surface area (Å²) in [7, 11) is 0. The van der Waals surface area contributed by atoms with Gasteiger partial charge in [-0.2, -0.15) is 0 Å². The minimum Gasteiger partial charge on any atom is -0.386 e. The standard InChI is InChI=1S/C7H10O2/c1-5-3-2-4-6(8)7(5)9/h2-4,6-9H,1H3/t6-,7?/m0/s1. The van der Waals surface area contributed by atoms with Crippen LogP contribution in [0.15, 0.2) is 23.8 Å². The molecule has 0 amide bonds. The highest BCUT2D eigenvalue weighted by molar-refractivity contribution is 5.23. The van der Waals surface area contributed by atoms with Crippen LogP contribution in [0.5, 0.6) is 0 Å². The Morgan fingerprint density at radius 3 is 2.56 bits per heavy atom. The largest absolute Gasteiger partial charge is 0.386 e. The first kappa shape index (κ1) is 6.52. The van der Waals surface area contributed by atoms with Crippen molar-refractivity contribution in [2.75, 3.05) is 0 Å². The quantitative estimate of drug-likeness (QED) is 0.487. The lowest BCUT2D eigenvalue weighted by Crippen LogP contribution is -2.26. The number of aliphatic hydroxyl groups is 2. The summed E-state index contributed by atoms with van der Waals surface area (Å²) in [6.45, 7) is 1.79. The third kappa shape index (κ3) is 1.20. The van der Waals surface area contributed by atoms with E-state index < -0.39 is 12.2 Å². The molecule has 0 aromatic rings. The highest BCUT2D eigenvalue weighted by Crippen LogP contribution is 2.11. The van der Waals surface area contributed by atoms with Crippen molar-refractivity contribution in [1.82, 2.24) is 0 Å². The third-order valence-electron chi connectivity index (χ3n) is 1.46. The lowest BCUT2D eigenvalue weighted by Gasteiger charge is -2.17. The topological polar surface area (TPSA) is 40.5 Å². The van der Waals surface area contributed by atoms with Gasteiger partial charge in [0.15, 0.2) is 0 Å². The molecular formula is C7H10O2. The van der Waals surface area contributed by atoms with Crippen LogP contribution in [0.2, 0.25) is 0 Å². The van der Waals surface area contributed by atoms with E-state index in [-0.39, 0.29) is 0 Å². The first-order valence-electron chi connectivity index (χ1n) is 2.93. The molecule has 0 saturated heterocycles. The van der Waals surface area contributed by atoms with E-state index >= 15 is 0 Å². The van der Waals surface area contributed by atoms with Gasteiger partial charge in [-0.05, 0) is 12.5 Å². The van der Waals surface area contributed by atoms with Crippen LogP contribution in [0, 0.1) is 0 Å². The Labute approximate surface area is 54.1 Å². The van der Waals surface area contributed by atoms with Crippen molar-refractivity contribution in [2.24, 2.45) is 0 Å². The van der Waals surface area contributed by atoms with Crippen LogP contribution in [0.4, 0.5) is 0 Å². The summed E-state index contributed by atoms with van der Waals surface area (Å²) in [4.78, 5) is 0. The van der Waals surface area contributed by atoms with Crippen molar-refractivity contribution in [3.05, 3.63) is 23.8 Å². The van der Waals surface area contributed by atoms with Gasteiger partial charge >= 0.3 is 0 Å². The molecular weight excluding hydrogens is 116 g/mol. The Hall–Kier alpha value is -0.600. The minimum absolute atomic E-state index is 0.699. The molecule has 0 heterocycles. The predicted octanol–water partition coefficient (Wildman–Crippen LogP) is 0.224. The first-order chi connectivity index (χ1) is 4.22. The van der Waals surface area contributed by atoms with Crippen molar-refractivity contribution in [1.29, 1.82) is 0 Å². The van der Waals surface area contributed by atoms with Gasteiger partial charge in [0.05, 0.1) is 0 Å². The maximum Gasteiger partial charge on any atom is 0.105 e. The van der Waals surface area contributed by atoms with E-state index in [2.05, 4.69) is 0 Å². The number of hydrogen-bond donors (Lipinski definition) is 2.